The van der Waals surface area contributed by atoms with Crippen LogP contribution < -0.4 is 4.90 Å². The van der Waals surface area contributed by atoms with E-state index in [4.69, 9.17) is 0 Å². The topological polar surface area (TPSA) is 40.5 Å². The summed E-state index contributed by atoms with van der Waals surface area (Å²) >= 11 is 0. The van der Waals surface area contributed by atoms with Gasteiger partial charge in [-0.15, -0.1) is 0 Å². The molecule has 3 aliphatic rings. The first-order valence-electron chi connectivity index (χ1n) is 17.6. The molecule has 246 valence electrons. The van der Waals surface area contributed by atoms with Gasteiger partial charge in [-0.3, -0.25) is 4.79 Å². The van der Waals surface area contributed by atoms with Crippen molar-refractivity contribution in [2.75, 3.05) is 4.90 Å². The van der Waals surface area contributed by atoms with Crippen molar-refractivity contribution in [1.82, 2.24) is 0 Å². The number of ketones is 1. The Kier molecular flexibility index (Phi) is 7.52. The third-order valence-electron chi connectivity index (χ3n) is 10.6. The quantitative estimate of drug-likeness (QED) is 0.187. The molecular formula is C48H37NO2. The van der Waals surface area contributed by atoms with E-state index in [1.807, 2.05) is 49.4 Å². The molecule has 0 aromatic heterocycles. The molecule has 0 saturated heterocycles. The first-order valence-corrected chi connectivity index (χ1v) is 17.6. The van der Waals surface area contributed by atoms with E-state index in [0.29, 0.717) is 28.5 Å². The lowest BCUT2D eigenvalue weighted by molar-refractivity contribution is 0.102. The highest BCUT2D eigenvalue weighted by atomic mass is 16.3. The lowest BCUT2D eigenvalue weighted by Gasteiger charge is -2.31. The van der Waals surface area contributed by atoms with Gasteiger partial charge in [-0.2, -0.15) is 0 Å². The average Bonchev–Trinajstić information content (AvgIpc) is 3.38. The molecule has 0 saturated carbocycles. The SMILES string of the molecule is Cc1ccc2c(c1)C(=O)/C(=C\c1ccccc1-c1cc3ccc(N(C4=CC5C=CC=CC5C=C4)c4ccc5ccccc5c4)cc3cc1C)C2O. The number of carbonyl (C=O) groups is 1. The smallest absolute Gasteiger partial charge is 0.192 e. The Hall–Kier alpha value is -6.03. The van der Waals surface area contributed by atoms with E-state index in [1.54, 1.807) is 0 Å². The van der Waals surface area contributed by atoms with Crippen molar-refractivity contribution in [3.63, 3.8) is 0 Å². The van der Waals surface area contributed by atoms with Gasteiger partial charge >= 0.3 is 0 Å². The Balaban J connectivity index is 1.12. The Morgan fingerprint density at radius 2 is 1.33 bits per heavy atom. The number of rotatable bonds is 5. The molecule has 0 aliphatic heterocycles. The zero-order valence-electron chi connectivity index (χ0n) is 28.6. The van der Waals surface area contributed by atoms with Crippen LogP contribution in [0.5, 0.6) is 0 Å². The maximum atomic E-state index is 13.4. The van der Waals surface area contributed by atoms with Gasteiger partial charge in [-0.25, -0.2) is 0 Å². The second-order valence-corrected chi connectivity index (χ2v) is 13.9. The van der Waals surface area contributed by atoms with E-state index in [-0.39, 0.29) is 5.78 Å². The van der Waals surface area contributed by atoms with Gasteiger partial charge in [0.1, 0.15) is 6.10 Å². The second-order valence-electron chi connectivity index (χ2n) is 13.9. The summed E-state index contributed by atoms with van der Waals surface area (Å²) in [5.41, 5.74) is 10.2. The summed E-state index contributed by atoms with van der Waals surface area (Å²) in [6.07, 6.45) is 16.7. The van der Waals surface area contributed by atoms with Gasteiger partial charge in [-0.05, 0) is 112 Å². The molecule has 3 aliphatic carbocycles. The van der Waals surface area contributed by atoms with Crippen LogP contribution in [0.3, 0.4) is 0 Å². The van der Waals surface area contributed by atoms with Crippen molar-refractivity contribution < 1.29 is 9.90 Å². The number of hydrogen-bond acceptors (Lipinski definition) is 3. The number of allylic oxidation sites excluding steroid dienone is 7. The summed E-state index contributed by atoms with van der Waals surface area (Å²) < 4.78 is 0. The average molecular weight is 660 g/mol. The Morgan fingerprint density at radius 1 is 0.627 bits per heavy atom. The number of carbonyl (C=O) groups excluding carboxylic acids is 1. The van der Waals surface area contributed by atoms with Gasteiger partial charge in [0.2, 0.25) is 0 Å². The van der Waals surface area contributed by atoms with E-state index in [9.17, 15) is 9.90 Å². The van der Waals surface area contributed by atoms with Crippen LogP contribution in [0.25, 0.3) is 38.7 Å². The lowest BCUT2D eigenvalue weighted by Crippen LogP contribution is -2.21. The number of anilines is 2. The van der Waals surface area contributed by atoms with Crippen LogP contribution in [0.15, 0.2) is 169 Å². The van der Waals surface area contributed by atoms with Crippen LogP contribution in [0.1, 0.15) is 38.7 Å². The van der Waals surface area contributed by atoms with Crippen LogP contribution in [-0.2, 0) is 0 Å². The Morgan fingerprint density at radius 3 is 2.18 bits per heavy atom. The number of aliphatic hydroxyl groups is 1. The highest BCUT2D eigenvalue weighted by Gasteiger charge is 2.33. The second kappa shape index (κ2) is 12.4. The molecule has 3 atom stereocenters. The summed E-state index contributed by atoms with van der Waals surface area (Å²) in [6, 6.07) is 40.3. The van der Waals surface area contributed by atoms with E-state index in [0.717, 1.165) is 55.7 Å². The molecule has 3 nitrogen and oxygen atoms in total. The number of aliphatic hydroxyl groups excluding tert-OH is 1. The molecule has 0 heterocycles. The highest BCUT2D eigenvalue weighted by molar-refractivity contribution is 6.16. The van der Waals surface area contributed by atoms with Crippen molar-refractivity contribution in [2.24, 2.45) is 11.8 Å². The van der Waals surface area contributed by atoms with E-state index in [2.05, 4.69) is 133 Å². The zero-order valence-corrected chi connectivity index (χ0v) is 28.6. The first kappa shape index (κ1) is 31.0. The molecular weight excluding hydrogens is 623 g/mol. The van der Waals surface area contributed by atoms with Crippen LogP contribution in [0.4, 0.5) is 11.4 Å². The number of hydrogen-bond donors (Lipinski definition) is 1. The molecule has 0 bridgehead atoms. The molecule has 0 amide bonds. The van der Waals surface area contributed by atoms with Crippen LogP contribution >= 0.6 is 0 Å². The third kappa shape index (κ3) is 5.47. The summed E-state index contributed by atoms with van der Waals surface area (Å²) in [4.78, 5) is 15.8. The molecule has 1 N–H and O–H groups in total. The largest absolute Gasteiger partial charge is 0.383 e. The van der Waals surface area contributed by atoms with Crippen LogP contribution in [-0.4, -0.2) is 10.9 Å². The molecule has 0 fully saturated rings. The van der Waals surface area contributed by atoms with Gasteiger partial charge < -0.3 is 10.0 Å². The number of benzene rings is 6. The first-order chi connectivity index (χ1) is 24.9. The molecule has 0 spiro atoms. The molecule has 6 aromatic carbocycles. The fraction of sp³-hybridized carbons (Fsp3) is 0.104. The fourth-order valence-electron chi connectivity index (χ4n) is 7.94. The lowest BCUT2D eigenvalue weighted by atomic mass is 9.84. The molecule has 9 rings (SSSR count). The molecule has 3 heteroatoms. The highest BCUT2D eigenvalue weighted by Crippen LogP contribution is 2.41. The van der Waals surface area contributed by atoms with Gasteiger partial charge in [0.15, 0.2) is 5.78 Å². The molecule has 51 heavy (non-hydrogen) atoms. The number of fused-ring (bicyclic) bond motifs is 4. The van der Waals surface area contributed by atoms with E-state index in [1.165, 1.54) is 10.8 Å². The van der Waals surface area contributed by atoms with Crippen molar-refractivity contribution in [1.29, 1.82) is 0 Å². The number of Topliss-reactive ketones (excluding diaryl/α,β-unsaturated/α-hetero) is 1. The minimum absolute atomic E-state index is 0.107. The summed E-state index contributed by atoms with van der Waals surface area (Å²) in [6.45, 7) is 4.12. The maximum absolute atomic E-state index is 13.4. The van der Waals surface area contributed by atoms with E-state index < -0.39 is 6.10 Å². The minimum atomic E-state index is -0.937. The van der Waals surface area contributed by atoms with Gasteiger partial charge in [0.05, 0.1) is 0 Å². The van der Waals surface area contributed by atoms with Crippen molar-refractivity contribution >= 4 is 44.8 Å². The standard InChI is InChI=1S/C48H37NO2/c1-30-15-22-43-45(23-30)48(51)46(47(43)50)29-37-13-7-8-14-42(37)44-28-36-18-21-41(27-38(36)24-31(44)2)49(39-19-16-32-9-3-5-11-34(32)25-39)40-20-17-33-10-4-6-12-35(33)26-40/h3-29,32,34,47,50H,1-2H3/b46-29-. The van der Waals surface area contributed by atoms with Crippen LogP contribution in [0, 0.1) is 25.7 Å². The van der Waals surface area contributed by atoms with E-state index >= 15 is 0 Å². The summed E-state index contributed by atoms with van der Waals surface area (Å²) in [5.74, 6) is 0.587. The van der Waals surface area contributed by atoms with Gasteiger partial charge in [0.25, 0.3) is 0 Å². The van der Waals surface area contributed by atoms with Crippen LogP contribution in [0.2, 0.25) is 0 Å². The summed E-state index contributed by atoms with van der Waals surface area (Å²) in [7, 11) is 0. The normalized spacial score (nSPS) is 19.8. The summed E-state index contributed by atoms with van der Waals surface area (Å²) in [5, 5.41) is 15.9. The minimum Gasteiger partial charge on any atom is -0.383 e. The molecule has 6 aromatic rings. The Bertz CT molecular complexity index is 2560. The van der Waals surface area contributed by atoms with Gasteiger partial charge in [-0.1, -0.05) is 121 Å². The third-order valence-corrected chi connectivity index (χ3v) is 10.6. The van der Waals surface area contributed by atoms with Crippen molar-refractivity contribution in [3.8, 4) is 11.1 Å². The zero-order chi connectivity index (χ0) is 34.6. The van der Waals surface area contributed by atoms with Crippen molar-refractivity contribution in [2.45, 2.75) is 20.0 Å². The Labute approximate surface area is 298 Å². The maximum Gasteiger partial charge on any atom is 0.192 e. The predicted octanol–water partition coefficient (Wildman–Crippen LogP) is 11.5. The monoisotopic (exact) mass is 659 g/mol. The number of nitrogens with zero attached hydrogens (tertiary/aromatic N) is 1. The fourth-order valence-corrected chi connectivity index (χ4v) is 7.94. The number of aryl methyl sites for hydroxylation is 2. The van der Waals surface area contributed by atoms with Gasteiger partial charge in [0, 0.05) is 40.0 Å². The predicted molar refractivity (Wildman–Crippen MR) is 211 cm³/mol. The molecule has 0 radical (unpaired) electrons. The molecule has 3 unspecified atom stereocenters. The van der Waals surface area contributed by atoms with Crippen molar-refractivity contribution in [3.05, 3.63) is 197 Å².